The fourth-order valence-electron chi connectivity index (χ4n) is 1.38. The van der Waals surface area contributed by atoms with E-state index in [1.54, 1.807) is 0 Å². The van der Waals surface area contributed by atoms with Gasteiger partial charge in [-0.1, -0.05) is 18.3 Å². The Balaban J connectivity index is 2.48. The Labute approximate surface area is 90.4 Å². The Kier molecular flexibility index (Phi) is 3.86. The van der Waals surface area contributed by atoms with Crippen LogP contribution in [-0.4, -0.2) is 38.1 Å². The van der Waals surface area contributed by atoms with Gasteiger partial charge in [0.15, 0.2) is 0 Å². The first-order chi connectivity index (χ1) is 6.80. The van der Waals surface area contributed by atoms with Gasteiger partial charge in [0.25, 0.3) is 0 Å². The molecule has 1 rings (SSSR count). The summed E-state index contributed by atoms with van der Waals surface area (Å²) in [7, 11) is -3.29. The third-order valence-electron chi connectivity index (χ3n) is 2.37. The van der Waals surface area contributed by atoms with Crippen molar-refractivity contribution in [3.8, 4) is 0 Å². The summed E-state index contributed by atoms with van der Waals surface area (Å²) in [5, 5.41) is 0. The van der Waals surface area contributed by atoms with E-state index in [0.29, 0.717) is 13.0 Å². The second-order valence-corrected chi connectivity index (χ2v) is 6.11. The van der Waals surface area contributed by atoms with Crippen LogP contribution in [0.2, 0.25) is 0 Å². The van der Waals surface area contributed by atoms with Crippen molar-refractivity contribution in [1.29, 1.82) is 0 Å². The van der Waals surface area contributed by atoms with Crippen molar-refractivity contribution in [2.75, 3.05) is 19.4 Å². The summed E-state index contributed by atoms with van der Waals surface area (Å²) in [6, 6.07) is 0. The minimum Gasteiger partial charge on any atom is -0.299 e. The fraction of sp³-hybridized carbons (Fsp3) is 0.889. The molecule has 6 heteroatoms. The molecule has 1 heterocycles. The minimum atomic E-state index is -3.29. The molecule has 1 aliphatic heterocycles. The first kappa shape index (κ1) is 12.6. The van der Waals surface area contributed by atoms with Crippen molar-refractivity contribution >= 4 is 15.8 Å². The van der Waals surface area contributed by atoms with E-state index in [-0.39, 0.29) is 24.2 Å². The summed E-state index contributed by atoms with van der Waals surface area (Å²) in [5.41, 5.74) is 0. The molecule has 1 fully saturated rings. The van der Waals surface area contributed by atoms with Crippen molar-refractivity contribution in [3.63, 3.8) is 0 Å². The highest BCUT2D eigenvalue weighted by Gasteiger charge is 2.31. The number of carbonyl (C=O) groups excluding carboxylic acids is 1. The zero-order valence-electron chi connectivity index (χ0n) is 9.26. The molecule has 0 amide bonds. The third-order valence-corrected chi connectivity index (χ3v) is 3.36. The van der Waals surface area contributed by atoms with Crippen molar-refractivity contribution < 1.29 is 18.0 Å². The van der Waals surface area contributed by atoms with E-state index in [1.165, 1.54) is 0 Å². The maximum atomic E-state index is 11.4. The number of hydrogen-bond acceptors (Lipinski definition) is 4. The highest BCUT2D eigenvalue weighted by atomic mass is 32.2. The van der Waals surface area contributed by atoms with E-state index < -0.39 is 10.0 Å². The lowest BCUT2D eigenvalue weighted by molar-refractivity contribution is -0.122. The molecule has 0 aromatic carbocycles. The number of hydroxylamine groups is 1. The van der Waals surface area contributed by atoms with Gasteiger partial charge in [-0.15, -0.1) is 0 Å². The number of carbonyl (C=O) groups is 1. The molecule has 0 bridgehead atoms. The zero-order chi connectivity index (χ0) is 11.6. The van der Waals surface area contributed by atoms with Crippen LogP contribution in [0.4, 0.5) is 0 Å². The van der Waals surface area contributed by atoms with Gasteiger partial charge in [0.1, 0.15) is 5.78 Å². The number of nitrogens with zero attached hydrogens (tertiary/aromatic N) is 1. The van der Waals surface area contributed by atoms with Crippen molar-refractivity contribution in [1.82, 2.24) is 4.47 Å². The monoisotopic (exact) mass is 235 g/mol. The van der Waals surface area contributed by atoms with Gasteiger partial charge in [-0.05, 0) is 0 Å². The van der Waals surface area contributed by atoms with Gasteiger partial charge in [-0.3, -0.25) is 9.63 Å². The Bertz CT molecular complexity index is 336. The van der Waals surface area contributed by atoms with E-state index in [2.05, 4.69) is 0 Å². The quantitative estimate of drug-likeness (QED) is 0.708. The van der Waals surface area contributed by atoms with E-state index in [9.17, 15) is 13.2 Å². The molecule has 15 heavy (non-hydrogen) atoms. The van der Waals surface area contributed by atoms with E-state index in [4.69, 9.17) is 4.84 Å². The van der Waals surface area contributed by atoms with Gasteiger partial charge in [0.2, 0.25) is 10.0 Å². The molecule has 1 atom stereocenters. The molecule has 1 saturated heterocycles. The molecular formula is C9H17NO4S. The molecular weight excluding hydrogens is 218 g/mol. The first-order valence-electron chi connectivity index (χ1n) is 4.94. The smallest absolute Gasteiger partial charge is 0.233 e. The van der Waals surface area contributed by atoms with Gasteiger partial charge in [-0.2, -0.15) is 0 Å². The van der Waals surface area contributed by atoms with Crippen LogP contribution in [-0.2, 0) is 19.7 Å². The van der Waals surface area contributed by atoms with Crippen LogP contribution in [0.3, 0.4) is 0 Å². The second-order valence-electron chi connectivity index (χ2n) is 4.24. The summed E-state index contributed by atoms with van der Waals surface area (Å²) < 4.78 is 23.2. The van der Waals surface area contributed by atoms with Crippen LogP contribution < -0.4 is 0 Å². The average molecular weight is 235 g/mol. The summed E-state index contributed by atoms with van der Waals surface area (Å²) in [5.74, 6) is 0.144. The SMILES string of the molecule is CC(C)C(=O)C[C@H]1CON(S(C)(=O)=O)C1. The zero-order valence-corrected chi connectivity index (χ0v) is 10.1. The molecule has 0 saturated carbocycles. The van der Waals surface area contributed by atoms with Gasteiger partial charge < -0.3 is 0 Å². The number of hydrogen-bond donors (Lipinski definition) is 0. The third kappa shape index (κ3) is 3.55. The summed E-state index contributed by atoms with van der Waals surface area (Å²) >= 11 is 0. The predicted molar refractivity (Wildman–Crippen MR) is 55.5 cm³/mol. The minimum absolute atomic E-state index is 0.00252. The summed E-state index contributed by atoms with van der Waals surface area (Å²) in [4.78, 5) is 16.4. The molecule has 88 valence electrons. The number of ketones is 1. The van der Waals surface area contributed by atoms with Crippen molar-refractivity contribution in [3.05, 3.63) is 0 Å². The predicted octanol–water partition coefficient (Wildman–Crippen LogP) is 0.425. The van der Waals surface area contributed by atoms with Gasteiger partial charge >= 0.3 is 0 Å². The maximum Gasteiger partial charge on any atom is 0.233 e. The van der Waals surface area contributed by atoms with Crippen LogP contribution in [0.15, 0.2) is 0 Å². The Morgan fingerprint density at radius 3 is 2.53 bits per heavy atom. The van der Waals surface area contributed by atoms with E-state index >= 15 is 0 Å². The first-order valence-corrected chi connectivity index (χ1v) is 6.79. The van der Waals surface area contributed by atoms with E-state index in [0.717, 1.165) is 10.7 Å². The molecule has 0 N–H and O–H groups in total. The largest absolute Gasteiger partial charge is 0.299 e. The van der Waals surface area contributed by atoms with Crippen LogP contribution >= 0.6 is 0 Å². The molecule has 0 aromatic rings. The normalized spacial score (nSPS) is 23.6. The highest BCUT2D eigenvalue weighted by molar-refractivity contribution is 7.88. The fourth-order valence-corrected chi connectivity index (χ4v) is 2.11. The van der Waals surface area contributed by atoms with E-state index in [1.807, 2.05) is 13.8 Å². The lowest BCUT2D eigenvalue weighted by atomic mass is 9.98. The molecule has 0 unspecified atom stereocenters. The van der Waals surface area contributed by atoms with Gasteiger partial charge in [0.05, 0.1) is 12.9 Å². The lowest BCUT2D eigenvalue weighted by Crippen LogP contribution is -2.26. The van der Waals surface area contributed by atoms with Gasteiger partial charge in [0, 0.05) is 24.8 Å². The highest BCUT2D eigenvalue weighted by Crippen LogP contribution is 2.20. The number of sulfonamides is 1. The Morgan fingerprint density at radius 2 is 2.13 bits per heavy atom. The molecule has 0 aromatic heterocycles. The maximum absolute atomic E-state index is 11.4. The summed E-state index contributed by atoms with van der Waals surface area (Å²) in [6.45, 7) is 4.28. The van der Waals surface area contributed by atoms with Crippen molar-refractivity contribution in [2.24, 2.45) is 11.8 Å². The van der Waals surface area contributed by atoms with Crippen LogP contribution in [0, 0.1) is 11.8 Å². The average Bonchev–Trinajstić information content (AvgIpc) is 2.51. The summed E-state index contributed by atoms with van der Waals surface area (Å²) in [6.07, 6.45) is 1.49. The standard InChI is InChI=1S/C9H17NO4S/c1-7(2)9(11)4-8-5-10(14-6-8)15(3,12)13/h7-8H,4-6H2,1-3H3/t8-/m1/s1. The number of rotatable bonds is 4. The molecule has 5 nitrogen and oxygen atoms in total. The topological polar surface area (TPSA) is 63.7 Å². The molecule has 1 aliphatic rings. The van der Waals surface area contributed by atoms with Crippen LogP contribution in [0.25, 0.3) is 0 Å². The Morgan fingerprint density at radius 1 is 1.53 bits per heavy atom. The lowest BCUT2D eigenvalue weighted by Gasteiger charge is -2.10. The van der Waals surface area contributed by atoms with Crippen LogP contribution in [0.5, 0.6) is 0 Å². The molecule has 0 spiro atoms. The van der Waals surface area contributed by atoms with Crippen molar-refractivity contribution in [2.45, 2.75) is 20.3 Å². The number of Topliss-reactive ketones (excluding diaryl/α,β-unsaturated/α-hetero) is 1. The van der Waals surface area contributed by atoms with Crippen LogP contribution in [0.1, 0.15) is 20.3 Å². The molecule has 0 aliphatic carbocycles. The second kappa shape index (κ2) is 4.59. The molecule has 0 radical (unpaired) electrons. The Hall–Kier alpha value is -0.460. The van der Waals surface area contributed by atoms with Gasteiger partial charge in [-0.25, -0.2) is 8.42 Å².